The van der Waals surface area contributed by atoms with Crippen molar-refractivity contribution in [2.75, 3.05) is 6.61 Å². The minimum atomic E-state index is -0.698. The molecule has 31 heavy (non-hydrogen) atoms. The van der Waals surface area contributed by atoms with E-state index in [2.05, 4.69) is 5.32 Å². The van der Waals surface area contributed by atoms with Gasteiger partial charge in [0.25, 0.3) is 5.91 Å². The van der Waals surface area contributed by atoms with E-state index in [0.717, 1.165) is 17.5 Å². The molecule has 2 aromatic carbocycles. The molecule has 0 spiro atoms. The van der Waals surface area contributed by atoms with Gasteiger partial charge in [0.05, 0.1) is 0 Å². The quantitative estimate of drug-likeness (QED) is 0.545. The van der Waals surface area contributed by atoms with Crippen LogP contribution >= 0.6 is 23.2 Å². The van der Waals surface area contributed by atoms with E-state index in [0.29, 0.717) is 21.4 Å². The molecule has 0 fully saturated rings. The third kappa shape index (κ3) is 7.15. The van der Waals surface area contributed by atoms with Gasteiger partial charge in [0, 0.05) is 22.6 Å². The molecule has 0 radical (unpaired) electrons. The number of aryl methyl sites for hydroxylation is 2. The molecule has 0 saturated heterocycles. The zero-order chi connectivity index (χ0) is 23.1. The summed E-state index contributed by atoms with van der Waals surface area (Å²) in [6, 6.07) is 10.2. The van der Waals surface area contributed by atoms with Crippen LogP contribution < -0.4 is 10.1 Å². The Morgan fingerprint density at radius 2 is 1.81 bits per heavy atom. The summed E-state index contributed by atoms with van der Waals surface area (Å²) in [4.78, 5) is 27.4. The number of hydrogen-bond donors (Lipinski definition) is 1. The molecule has 0 aliphatic rings. The van der Waals surface area contributed by atoms with Crippen LogP contribution in [0.15, 0.2) is 36.4 Å². The van der Waals surface area contributed by atoms with Crippen LogP contribution in [0.5, 0.6) is 5.75 Å². The molecule has 0 bridgehead atoms. The molecular formula is C24H30Cl2N2O3. The summed E-state index contributed by atoms with van der Waals surface area (Å²) >= 11 is 12.3. The monoisotopic (exact) mass is 464 g/mol. The number of halogens is 2. The van der Waals surface area contributed by atoms with E-state index in [9.17, 15) is 9.59 Å². The molecule has 2 amide bonds. The van der Waals surface area contributed by atoms with Crippen LogP contribution in [0.1, 0.15) is 43.9 Å². The summed E-state index contributed by atoms with van der Waals surface area (Å²) in [6.07, 6.45) is 0.797. The van der Waals surface area contributed by atoms with Crippen LogP contribution in [0.4, 0.5) is 0 Å². The summed E-state index contributed by atoms with van der Waals surface area (Å²) in [6.45, 7) is 9.53. The van der Waals surface area contributed by atoms with E-state index in [1.807, 2.05) is 45.9 Å². The average molecular weight is 465 g/mol. The lowest BCUT2D eigenvalue weighted by Crippen LogP contribution is -2.50. The number of amides is 2. The molecule has 0 aliphatic carbocycles. The Labute approximate surface area is 194 Å². The summed E-state index contributed by atoms with van der Waals surface area (Å²) in [5.41, 5.74) is 2.77. The lowest BCUT2D eigenvalue weighted by Gasteiger charge is -2.30. The summed E-state index contributed by atoms with van der Waals surface area (Å²) < 4.78 is 5.78. The van der Waals surface area contributed by atoms with Gasteiger partial charge in [-0.05, 0) is 63.4 Å². The van der Waals surface area contributed by atoms with Gasteiger partial charge in [0.15, 0.2) is 6.61 Å². The highest BCUT2D eigenvalue weighted by atomic mass is 35.5. The number of nitrogens with zero attached hydrogens (tertiary/aromatic N) is 1. The molecule has 0 aliphatic heterocycles. The smallest absolute Gasteiger partial charge is 0.261 e. The molecular weight excluding hydrogens is 435 g/mol. The zero-order valence-corrected chi connectivity index (χ0v) is 20.2. The molecule has 0 saturated carbocycles. The van der Waals surface area contributed by atoms with E-state index < -0.39 is 6.04 Å². The van der Waals surface area contributed by atoms with Crippen LogP contribution in [0.25, 0.3) is 0 Å². The van der Waals surface area contributed by atoms with E-state index in [-0.39, 0.29) is 31.0 Å². The third-order valence-corrected chi connectivity index (χ3v) is 5.79. The van der Waals surface area contributed by atoms with Crippen molar-refractivity contribution < 1.29 is 14.3 Å². The first-order valence-corrected chi connectivity index (χ1v) is 11.1. The third-order valence-electron chi connectivity index (χ3n) is 5.21. The van der Waals surface area contributed by atoms with Crippen LogP contribution in [-0.2, 0) is 16.1 Å². The van der Waals surface area contributed by atoms with Crippen LogP contribution in [-0.4, -0.2) is 35.4 Å². The summed E-state index contributed by atoms with van der Waals surface area (Å²) in [5, 5.41) is 3.88. The van der Waals surface area contributed by atoms with Crippen molar-refractivity contribution in [2.24, 2.45) is 0 Å². The highest BCUT2D eigenvalue weighted by molar-refractivity contribution is 6.35. The molecule has 2 unspecified atom stereocenters. The first kappa shape index (κ1) is 25.0. The first-order chi connectivity index (χ1) is 14.6. The Bertz CT molecular complexity index is 933. The first-order valence-electron chi connectivity index (χ1n) is 10.4. The Balaban J connectivity index is 2.22. The molecule has 7 heteroatoms. The fourth-order valence-corrected chi connectivity index (χ4v) is 3.53. The van der Waals surface area contributed by atoms with Crippen molar-refractivity contribution in [1.29, 1.82) is 0 Å². The van der Waals surface area contributed by atoms with Gasteiger partial charge in [0.2, 0.25) is 5.91 Å². The van der Waals surface area contributed by atoms with Gasteiger partial charge in [0.1, 0.15) is 11.8 Å². The van der Waals surface area contributed by atoms with Gasteiger partial charge < -0.3 is 15.0 Å². The predicted molar refractivity (Wildman–Crippen MR) is 126 cm³/mol. The number of carbonyl (C=O) groups excluding carboxylic acids is 2. The Kier molecular flexibility index (Phi) is 9.20. The number of nitrogens with one attached hydrogen (secondary N) is 1. The Hall–Kier alpha value is -2.24. The maximum atomic E-state index is 13.1. The maximum Gasteiger partial charge on any atom is 0.261 e. The SMILES string of the molecule is CCC(C)NC(=O)C(C)N(Cc1ccc(Cl)cc1Cl)C(=O)COc1ccc(C)cc1C. The second kappa shape index (κ2) is 11.4. The molecule has 2 aromatic rings. The molecule has 0 heterocycles. The molecule has 1 N–H and O–H groups in total. The van der Waals surface area contributed by atoms with E-state index in [1.54, 1.807) is 25.1 Å². The van der Waals surface area contributed by atoms with Gasteiger partial charge in [-0.3, -0.25) is 9.59 Å². The van der Waals surface area contributed by atoms with Gasteiger partial charge in [-0.2, -0.15) is 0 Å². The zero-order valence-electron chi connectivity index (χ0n) is 18.7. The normalized spacial score (nSPS) is 12.7. The van der Waals surface area contributed by atoms with Crippen LogP contribution in [0.3, 0.4) is 0 Å². The van der Waals surface area contributed by atoms with Crippen molar-refractivity contribution in [3.63, 3.8) is 0 Å². The number of hydrogen-bond acceptors (Lipinski definition) is 3. The van der Waals surface area contributed by atoms with Gasteiger partial charge in [-0.25, -0.2) is 0 Å². The molecule has 168 valence electrons. The topological polar surface area (TPSA) is 58.6 Å². The van der Waals surface area contributed by atoms with Gasteiger partial charge in [-0.15, -0.1) is 0 Å². The van der Waals surface area contributed by atoms with E-state index in [1.165, 1.54) is 4.90 Å². The predicted octanol–water partition coefficient (Wildman–Crippen LogP) is 5.32. The largest absolute Gasteiger partial charge is 0.483 e. The van der Waals surface area contributed by atoms with Crippen LogP contribution in [0.2, 0.25) is 10.0 Å². The highest BCUT2D eigenvalue weighted by Gasteiger charge is 2.27. The van der Waals surface area contributed by atoms with Crippen molar-refractivity contribution in [1.82, 2.24) is 10.2 Å². The molecule has 2 atom stereocenters. The van der Waals surface area contributed by atoms with Crippen molar-refractivity contribution >= 4 is 35.0 Å². The molecule has 2 rings (SSSR count). The lowest BCUT2D eigenvalue weighted by atomic mass is 10.1. The number of ether oxygens (including phenoxy) is 1. The molecule has 0 aromatic heterocycles. The maximum absolute atomic E-state index is 13.1. The Morgan fingerprint density at radius 3 is 2.42 bits per heavy atom. The van der Waals surface area contributed by atoms with Crippen molar-refractivity contribution in [2.45, 2.75) is 59.7 Å². The van der Waals surface area contributed by atoms with Gasteiger partial charge >= 0.3 is 0 Å². The minimum absolute atomic E-state index is 0.0116. The minimum Gasteiger partial charge on any atom is -0.483 e. The van der Waals surface area contributed by atoms with E-state index in [4.69, 9.17) is 27.9 Å². The second-order valence-corrected chi connectivity index (χ2v) is 8.65. The second-order valence-electron chi connectivity index (χ2n) is 7.81. The molecule has 5 nitrogen and oxygen atoms in total. The lowest BCUT2D eigenvalue weighted by molar-refractivity contribution is -0.142. The fourth-order valence-electron chi connectivity index (χ4n) is 3.07. The highest BCUT2D eigenvalue weighted by Crippen LogP contribution is 2.24. The number of benzene rings is 2. The number of rotatable bonds is 9. The average Bonchev–Trinajstić information content (AvgIpc) is 2.71. The van der Waals surface area contributed by atoms with Crippen molar-refractivity contribution in [3.8, 4) is 5.75 Å². The standard InChI is InChI=1S/C24H30Cl2N2O3/c1-6-17(4)27-24(30)18(5)28(13-19-8-9-20(25)12-21(19)26)23(29)14-31-22-10-7-15(2)11-16(22)3/h7-12,17-18H,6,13-14H2,1-5H3,(H,27,30). The van der Waals surface area contributed by atoms with Gasteiger partial charge in [-0.1, -0.05) is 53.9 Å². The van der Waals surface area contributed by atoms with Crippen molar-refractivity contribution in [3.05, 3.63) is 63.1 Å². The summed E-state index contributed by atoms with van der Waals surface area (Å²) in [7, 11) is 0. The van der Waals surface area contributed by atoms with Crippen LogP contribution in [0, 0.1) is 13.8 Å². The fraction of sp³-hybridized carbons (Fsp3) is 0.417. The number of carbonyl (C=O) groups is 2. The summed E-state index contributed by atoms with van der Waals surface area (Å²) in [5.74, 6) is 0.109. The van der Waals surface area contributed by atoms with E-state index >= 15 is 0 Å². The Morgan fingerprint density at radius 1 is 1.10 bits per heavy atom.